The molecular weight excluding hydrogens is 659 g/mol. The quantitative estimate of drug-likeness (QED) is 0.0919. The van der Waals surface area contributed by atoms with Crippen molar-refractivity contribution in [1.29, 1.82) is 0 Å². The van der Waals surface area contributed by atoms with Crippen molar-refractivity contribution in [3.63, 3.8) is 0 Å². The van der Waals surface area contributed by atoms with Gasteiger partial charge in [0.25, 0.3) is 5.91 Å². The first-order valence-corrected chi connectivity index (χ1v) is 19.4. The molecule has 5 amide bonds. The van der Waals surface area contributed by atoms with Gasteiger partial charge < -0.3 is 26.2 Å². The van der Waals surface area contributed by atoms with Crippen LogP contribution in [-0.4, -0.2) is 90.1 Å². The third kappa shape index (κ3) is 10.8. The first-order chi connectivity index (χ1) is 22.9. The molecular formula is C37H61N5O7S. The molecule has 1 saturated carbocycles. The van der Waals surface area contributed by atoms with Gasteiger partial charge in [-0.1, -0.05) is 66.9 Å². The summed E-state index contributed by atoms with van der Waals surface area (Å²) in [5, 5.41) is 11.1. The molecule has 4 atom stereocenters. The minimum Gasteiger partial charge on any atom is -0.349 e. The maximum atomic E-state index is 14.5. The normalized spacial score (nSPS) is 21.6. The molecule has 1 heterocycles. The molecule has 1 aliphatic carbocycles. The van der Waals surface area contributed by atoms with Crippen LogP contribution in [0, 0.1) is 29.1 Å². The molecule has 50 heavy (non-hydrogen) atoms. The van der Waals surface area contributed by atoms with Crippen molar-refractivity contribution in [2.45, 2.75) is 142 Å². The highest BCUT2D eigenvalue weighted by Crippen LogP contribution is 2.41. The molecule has 12 nitrogen and oxygen atoms in total. The molecule has 1 saturated heterocycles. The summed E-state index contributed by atoms with van der Waals surface area (Å²) in [6.45, 7) is 20.1. The minimum atomic E-state index is -3.58. The molecule has 0 radical (unpaired) electrons. The molecule has 1 aliphatic heterocycles. The summed E-state index contributed by atoms with van der Waals surface area (Å²) in [5.74, 6) is -0.904. The highest BCUT2D eigenvalue weighted by Gasteiger charge is 2.53. The molecule has 282 valence electrons. The number of nitrogens with one attached hydrogen (secondary N) is 4. The van der Waals surface area contributed by atoms with E-state index in [-0.39, 0.29) is 37.6 Å². The second kappa shape index (κ2) is 16.7. The number of nitrogens with zero attached hydrogens (tertiary/aromatic N) is 1. The summed E-state index contributed by atoms with van der Waals surface area (Å²) < 4.78 is 25.6. The van der Waals surface area contributed by atoms with Gasteiger partial charge in [0.05, 0.1) is 22.1 Å². The summed E-state index contributed by atoms with van der Waals surface area (Å²) in [6.07, 6.45) is 11.1. The molecule has 0 spiro atoms. The zero-order valence-corrected chi connectivity index (χ0v) is 32.5. The summed E-state index contributed by atoms with van der Waals surface area (Å²) in [5.41, 5.74) is -2.31. The monoisotopic (exact) mass is 719 g/mol. The fourth-order valence-electron chi connectivity index (χ4n) is 6.59. The molecule has 2 aliphatic rings. The van der Waals surface area contributed by atoms with E-state index in [1.54, 1.807) is 47.6 Å². The number of sulfone groups is 1. The van der Waals surface area contributed by atoms with Crippen molar-refractivity contribution in [2.24, 2.45) is 16.7 Å². The smallest absolute Gasteiger partial charge is 0.315 e. The standard InChI is InChI=1S/C37H61N5O7S/c1-12-14-19-26(28(43)31(45)38-22-15-13-2)39-30(44)27-25(3)36(10,11)23-42(27)32(46)29(34(4,5)6)40-33(47)41-37(20-17-16-18-21-37)24-50(48,49)35(7,8)9/h1,13,25-27,29H,2,14-24H2,3-11H3,(H,38,45)(H,39,44)(H2,40,41,47)/t25?,26?,27-,29+/m0/s1. The van der Waals surface area contributed by atoms with Crippen LogP contribution in [0.3, 0.4) is 0 Å². The maximum absolute atomic E-state index is 14.5. The molecule has 2 rings (SSSR count). The van der Waals surface area contributed by atoms with Crippen molar-refractivity contribution in [3.8, 4) is 12.3 Å². The number of terminal acetylenes is 1. The SMILES string of the molecule is C#CCCC(NC(=O)[C@@H]1C(C)C(C)(C)CN1C(=O)[C@@H](NC(=O)NC1(CS(=O)(=O)C(C)(C)C)CCCCC1)C(C)(C)C)C(=O)C(=O)NCCC=C. The van der Waals surface area contributed by atoms with E-state index < -0.39 is 78.6 Å². The topological polar surface area (TPSA) is 171 Å². The molecule has 0 aromatic rings. The maximum Gasteiger partial charge on any atom is 0.315 e. The van der Waals surface area contributed by atoms with Gasteiger partial charge in [-0.3, -0.25) is 19.2 Å². The van der Waals surface area contributed by atoms with Gasteiger partial charge in [0.15, 0.2) is 9.84 Å². The van der Waals surface area contributed by atoms with Crippen LogP contribution in [0.2, 0.25) is 0 Å². The Kier molecular flexibility index (Phi) is 14.3. The van der Waals surface area contributed by atoms with Crippen LogP contribution < -0.4 is 21.3 Å². The van der Waals surface area contributed by atoms with Gasteiger partial charge in [-0.05, 0) is 63.2 Å². The number of Topliss-reactive ketones (excluding diaryl/α,β-unsaturated/α-hetero) is 1. The van der Waals surface area contributed by atoms with E-state index in [4.69, 9.17) is 6.42 Å². The van der Waals surface area contributed by atoms with E-state index in [0.717, 1.165) is 19.3 Å². The van der Waals surface area contributed by atoms with E-state index in [1.807, 2.05) is 20.8 Å². The van der Waals surface area contributed by atoms with Crippen LogP contribution in [0.4, 0.5) is 4.79 Å². The van der Waals surface area contributed by atoms with Gasteiger partial charge in [-0.2, -0.15) is 0 Å². The summed E-state index contributed by atoms with van der Waals surface area (Å²) in [4.78, 5) is 69.4. The minimum absolute atomic E-state index is 0.0351. The third-order valence-electron chi connectivity index (χ3n) is 10.2. The van der Waals surface area contributed by atoms with Crippen molar-refractivity contribution < 1.29 is 32.4 Å². The molecule has 4 N–H and O–H groups in total. The Morgan fingerprint density at radius 1 is 1.02 bits per heavy atom. The summed E-state index contributed by atoms with van der Waals surface area (Å²) >= 11 is 0. The van der Waals surface area contributed by atoms with Gasteiger partial charge in [-0.15, -0.1) is 18.9 Å². The molecule has 0 bridgehead atoms. The van der Waals surface area contributed by atoms with E-state index >= 15 is 0 Å². The van der Waals surface area contributed by atoms with Crippen LogP contribution in [0.15, 0.2) is 12.7 Å². The van der Waals surface area contributed by atoms with Crippen molar-refractivity contribution in [3.05, 3.63) is 12.7 Å². The Morgan fingerprint density at radius 2 is 1.62 bits per heavy atom. The number of likely N-dealkylation sites (tertiary alicyclic amines) is 1. The van der Waals surface area contributed by atoms with Gasteiger partial charge in [0.2, 0.25) is 17.6 Å². The fourth-order valence-corrected chi connectivity index (χ4v) is 8.11. The molecule has 0 aromatic carbocycles. The lowest BCUT2D eigenvalue weighted by atomic mass is 9.80. The van der Waals surface area contributed by atoms with Gasteiger partial charge in [0, 0.05) is 19.5 Å². The number of carbonyl (C=O) groups is 5. The highest BCUT2D eigenvalue weighted by molar-refractivity contribution is 7.92. The van der Waals surface area contributed by atoms with Crippen molar-refractivity contribution in [1.82, 2.24) is 26.2 Å². The lowest BCUT2D eigenvalue weighted by molar-refractivity contribution is -0.144. The van der Waals surface area contributed by atoms with E-state index in [9.17, 15) is 32.4 Å². The predicted octanol–water partition coefficient (Wildman–Crippen LogP) is 3.65. The molecule has 2 fully saturated rings. The number of rotatable bonds is 14. The summed E-state index contributed by atoms with van der Waals surface area (Å²) in [6, 6.07) is -3.96. The average Bonchev–Trinajstić information content (AvgIpc) is 3.24. The first-order valence-electron chi connectivity index (χ1n) is 17.7. The second-order valence-corrected chi connectivity index (χ2v) is 19.5. The molecule has 13 heteroatoms. The van der Waals surface area contributed by atoms with Gasteiger partial charge in [-0.25, -0.2) is 13.2 Å². The number of amides is 5. The van der Waals surface area contributed by atoms with Crippen LogP contribution in [0.5, 0.6) is 0 Å². The predicted molar refractivity (Wildman–Crippen MR) is 196 cm³/mol. The number of hydrogen-bond donors (Lipinski definition) is 4. The lowest BCUT2D eigenvalue weighted by Gasteiger charge is -2.41. The third-order valence-corrected chi connectivity index (χ3v) is 13.0. The van der Waals surface area contributed by atoms with E-state index in [1.165, 1.54) is 4.90 Å². The van der Waals surface area contributed by atoms with E-state index in [2.05, 4.69) is 33.8 Å². The highest BCUT2D eigenvalue weighted by atomic mass is 32.2. The van der Waals surface area contributed by atoms with Crippen LogP contribution in [0.1, 0.15) is 114 Å². The fraction of sp³-hybridized carbons (Fsp3) is 0.757. The number of ketones is 1. The van der Waals surface area contributed by atoms with Crippen molar-refractivity contribution >= 4 is 39.4 Å². The Morgan fingerprint density at radius 3 is 2.14 bits per heavy atom. The Balaban J connectivity index is 2.39. The van der Waals surface area contributed by atoms with Gasteiger partial charge in [0.1, 0.15) is 12.1 Å². The number of carbonyl (C=O) groups excluding carboxylic acids is 5. The Bertz CT molecular complexity index is 1430. The van der Waals surface area contributed by atoms with Crippen LogP contribution in [0.25, 0.3) is 0 Å². The second-order valence-electron chi connectivity index (χ2n) is 16.8. The number of hydrogen-bond acceptors (Lipinski definition) is 7. The zero-order chi connectivity index (χ0) is 38.3. The number of urea groups is 1. The van der Waals surface area contributed by atoms with Crippen molar-refractivity contribution in [2.75, 3.05) is 18.8 Å². The zero-order valence-electron chi connectivity index (χ0n) is 31.7. The Labute approximate surface area is 300 Å². The molecule has 2 unspecified atom stereocenters. The average molecular weight is 720 g/mol. The van der Waals surface area contributed by atoms with Gasteiger partial charge >= 0.3 is 6.03 Å². The first kappa shape index (κ1) is 42.8. The largest absolute Gasteiger partial charge is 0.349 e. The summed E-state index contributed by atoms with van der Waals surface area (Å²) in [7, 11) is -3.58. The molecule has 0 aromatic heterocycles. The Hall–Kier alpha value is -3.40. The van der Waals surface area contributed by atoms with Crippen LogP contribution in [-0.2, 0) is 29.0 Å². The van der Waals surface area contributed by atoms with E-state index in [0.29, 0.717) is 19.3 Å². The van der Waals surface area contributed by atoms with Crippen LogP contribution >= 0.6 is 0 Å². The lowest BCUT2D eigenvalue weighted by Crippen LogP contribution is -2.63.